The number of nitrogens with one attached hydrogen (secondary N) is 2. The van der Waals surface area contributed by atoms with Crippen molar-refractivity contribution in [2.45, 2.75) is 57.1 Å². The van der Waals surface area contributed by atoms with Crippen molar-refractivity contribution >= 4 is 11.6 Å². The molecule has 1 unspecified atom stereocenters. The van der Waals surface area contributed by atoms with Gasteiger partial charge in [0.2, 0.25) is 0 Å². The van der Waals surface area contributed by atoms with Crippen LogP contribution in [0, 0.1) is 0 Å². The Hall–Kier alpha value is -1.75. The van der Waals surface area contributed by atoms with Crippen LogP contribution in [0.25, 0.3) is 0 Å². The topological polar surface area (TPSA) is 48.9 Å². The van der Waals surface area contributed by atoms with E-state index in [1.165, 1.54) is 37.8 Å². The summed E-state index contributed by atoms with van der Waals surface area (Å²) in [7, 11) is 1.85. The average molecular weight is 359 g/mol. The zero-order valence-electron chi connectivity index (χ0n) is 16.1. The van der Waals surface area contributed by atoms with Crippen LogP contribution in [0.2, 0.25) is 0 Å². The first-order chi connectivity index (χ1) is 12.8. The molecule has 5 nitrogen and oxygen atoms in total. The number of aliphatic imine (C=N–C) groups is 1. The maximum atomic E-state index is 5.99. The summed E-state index contributed by atoms with van der Waals surface area (Å²) in [5.41, 5.74) is 1.31. The van der Waals surface area contributed by atoms with Gasteiger partial charge < -0.3 is 20.3 Å². The standard InChI is InChI=1S/C21H34N4O/c1-22-21(23-14-8-16-26-20-11-6-3-7-12-20)24-18-13-15-25(17-18)19-9-4-2-5-10-19/h2,4-5,9-10,18,20H,3,6-8,11-17H2,1H3,(H2,22,23,24). The van der Waals surface area contributed by atoms with Crippen molar-refractivity contribution in [2.24, 2.45) is 4.99 Å². The van der Waals surface area contributed by atoms with Crippen molar-refractivity contribution in [3.05, 3.63) is 30.3 Å². The maximum Gasteiger partial charge on any atom is 0.191 e. The Kier molecular flexibility index (Phi) is 7.62. The summed E-state index contributed by atoms with van der Waals surface area (Å²) in [6, 6.07) is 11.1. The SMILES string of the molecule is CN=C(NCCCOC1CCCCC1)NC1CCN(c2ccccc2)C1. The number of anilines is 1. The van der Waals surface area contributed by atoms with Crippen LogP contribution in [0.1, 0.15) is 44.9 Å². The molecule has 1 heterocycles. The zero-order valence-corrected chi connectivity index (χ0v) is 16.1. The Labute approximate surface area is 158 Å². The smallest absolute Gasteiger partial charge is 0.191 e. The molecular weight excluding hydrogens is 324 g/mol. The number of para-hydroxylation sites is 1. The molecule has 1 saturated carbocycles. The van der Waals surface area contributed by atoms with Crippen molar-refractivity contribution in [3.8, 4) is 0 Å². The quantitative estimate of drug-likeness (QED) is 0.447. The van der Waals surface area contributed by atoms with Crippen LogP contribution in [-0.4, -0.2) is 51.4 Å². The minimum Gasteiger partial charge on any atom is -0.378 e. The molecule has 144 valence electrons. The zero-order chi connectivity index (χ0) is 18.0. The van der Waals surface area contributed by atoms with E-state index < -0.39 is 0 Å². The molecule has 1 aromatic rings. The summed E-state index contributed by atoms with van der Waals surface area (Å²) < 4.78 is 5.99. The molecule has 1 aromatic carbocycles. The largest absolute Gasteiger partial charge is 0.378 e. The Morgan fingerprint density at radius 2 is 1.96 bits per heavy atom. The first-order valence-electron chi connectivity index (χ1n) is 10.2. The van der Waals surface area contributed by atoms with Crippen LogP contribution in [-0.2, 0) is 4.74 Å². The van der Waals surface area contributed by atoms with Crippen molar-refractivity contribution in [2.75, 3.05) is 38.2 Å². The van der Waals surface area contributed by atoms with E-state index in [2.05, 4.69) is 50.9 Å². The lowest BCUT2D eigenvalue weighted by atomic mass is 9.98. The minimum atomic E-state index is 0.444. The van der Waals surface area contributed by atoms with Crippen molar-refractivity contribution in [1.82, 2.24) is 10.6 Å². The average Bonchev–Trinajstić information content (AvgIpc) is 3.17. The number of hydrogen-bond acceptors (Lipinski definition) is 3. The molecule has 2 aliphatic rings. The van der Waals surface area contributed by atoms with Gasteiger partial charge in [0.25, 0.3) is 0 Å². The summed E-state index contributed by atoms with van der Waals surface area (Å²) in [6.45, 7) is 3.87. The van der Waals surface area contributed by atoms with E-state index in [4.69, 9.17) is 4.74 Å². The number of guanidine groups is 1. The second-order valence-corrected chi connectivity index (χ2v) is 7.39. The number of ether oxygens (including phenoxy) is 1. The Balaban J connectivity index is 1.31. The predicted molar refractivity (Wildman–Crippen MR) is 109 cm³/mol. The second kappa shape index (κ2) is 10.4. The molecule has 0 bridgehead atoms. The molecule has 1 saturated heterocycles. The summed E-state index contributed by atoms with van der Waals surface area (Å²) >= 11 is 0. The summed E-state index contributed by atoms with van der Waals surface area (Å²) in [5.74, 6) is 0.905. The monoisotopic (exact) mass is 358 g/mol. The molecule has 2 fully saturated rings. The maximum absolute atomic E-state index is 5.99. The molecule has 0 spiro atoms. The highest BCUT2D eigenvalue weighted by molar-refractivity contribution is 5.80. The van der Waals surface area contributed by atoms with Crippen LogP contribution in [0.4, 0.5) is 5.69 Å². The van der Waals surface area contributed by atoms with Crippen LogP contribution < -0.4 is 15.5 Å². The molecule has 5 heteroatoms. The molecular formula is C21H34N4O. The van der Waals surface area contributed by atoms with Gasteiger partial charge in [0.15, 0.2) is 5.96 Å². The fraction of sp³-hybridized carbons (Fsp3) is 0.667. The highest BCUT2D eigenvalue weighted by Gasteiger charge is 2.23. The van der Waals surface area contributed by atoms with Gasteiger partial charge in [-0.25, -0.2) is 0 Å². The van der Waals surface area contributed by atoms with E-state index in [9.17, 15) is 0 Å². The summed E-state index contributed by atoms with van der Waals surface area (Å²) in [6.07, 6.45) is 9.21. The molecule has 0 aromatic heterocycles. The lowest BCUT2D eigenvalue weighted by Crippen LogP contribution is -2.45. The predicted octanol–water partition coefficient (Wildman–Crippen LogP) is 3.17. The number of hydrogen-bond donors (Lipinski definition) is 2. The fourth-order valence-corrected chi connectivity index (χ4v) is 3.90. The number of nitrogens with zero attached hydrogens (tertiary/aromatic N) is 2. The number of benzene rings is 1. The van der Waals surface area contributed by atoms with Gasteiger partial charge in [-0.05, 0) is 37.8 Å². The molecule has 26 heavy (non-hydrogen) atoms. The van der Waals surface area contributed by atoms with Gasteiger partial charge >= 0.3 is 0 Å². The van der Waals surface area contributed by atoms with Gasteiger partial charge in [-0.15, -0.1) is 0 Å². The Morgan fingerprint density at radius 3 is 2.73 bits per heavy atom. The van der Waals surface area contributed by atoms with Crippen LogP contribution in [0.15, 0.2) is 35.3 Å². The van der Waals surface area contributed by atoms with Gasteiger partial charge in [0.1, 0.15) is 0 Å². The van der Waals surface area contributed by atoms with Crippen molar-refractivity contribution in [1.29, 1.82) is 0 Å². The molecule has 1 aliphatic heterocycles. The van der Waals surface area contributed by atoms with Gasteiger partial charge in [-0.1, -0.05) is 37.5 Å². The Morgan fingerprint density at radius 1 is 1.15 bits per heavy atom. The van der Waals surface area contributed by atoms with E-state index in [0.29, 0.717) is 12.1 Å². The van der Waals surface area contributed by atoms with Gasteiger partial charge in [0.05, 0.1) is 6.10 Å². The third-order valence-corrected chi connectivity index (χ3v) is 5.39. The molecule has 1 atom stereocenters. The number of rotatable bonds is 7. The lowest BCUT2D eigenvalue weighted by molar-refractivity contribution is 0.0277. The van der Waals surface area contributed by atoms with E-state index >= 15 is 0 Å². The van der Waals surface area contributed by atoms with E-state index in [1.807, 2.05) is 7.05 Å². The van der Waals surface area contributed by atoms with Gasteiger partial charge in [0, 0.05) is 45.0 Å². The first-order valence-corrected chi connectivity index (χ1v) is 10.2. The minimum absolute atomic E-state index is 0.444. The third-order valence-electron chi connectivity index (χ3n) is 5.39. The van der Waals surface area contributed by atoms with Gasteiger partial charge in [-0.2, -0.15) is 0 Å². The normalized spacial score (nSPS) is 21.8. The van der Waals surface area contributed by atoms with Gasteiger partial charge in [-0.3, -0.25) is 4.99 Å². The van der Waals surface area contributed by atoms with Crippen LogP contribution in [0.3, 0.4) is 0 Å². The highest BCUT2D eigenvalue weighted by Crippen LogP contribution is 2.20. The molecule has 3 rings (SSSR count). The van der Waals surface area contributed by atoms with Crippen LogP contribution >= 0.6 is 0 Å². The van der Waals surface area contributed by atoms with Crippen LogP contribution in [0.5, 0.6) is 0 Å². The van der Waals surface area contributed by atoms with E-state index in [-0.39, 0.29) is 0 Å². The molecule has 0 amide bonds. The lowest BCUT2D eigenvalue weighted by Gasteiger charge is -2.22. The summed E-state index contributed by atoms with van der Waals surface area (Å²) in [5, 5.41) is 6.99. The second-order valence-electron chi connectivity index (χ2n) is 7.39. The highest BCUT2D eigenvalue weighted by atomic mass is 16.5. The van der Waals surface area contributed by atoms with E-state index in [1.54, 1.807) is 0 Å². The summed E-state index contributed by atoms with van der Waals surface area (Å²) in [4.78, 5) is 6.81. The third kappa shape index (κ3) is 5.90. The van der Waals surface area contributed by atoms with Crippen molar-refractivity contribution in [3.63, 3.8) is 0 Å². The molecule has 2 N–H and O–H groups in total. The Bertz CT molecular complexity index is 542. The molecule has 1 aliphatic carbocycles. The molecule has 0 radical (unpaired) electrons. The van der Waals surface area contributed by atoms with Crippen molar-refractivity contribution < 1.29 is 4.74 Å². The fourth-order valence-electron chi connectivity index (χ4n) is 3.90. The van der Waals surface area contributed by atoms with E-state index in [0.717, 1.165) is 45.0 Å². The first kappa shape index (κ1) is 19.0.